The second-order valence-corrected chi connectivity index (χ2v) is 28.9. The molecule has 1 aliphatic rings. The predicted molar refractivity (Wildman–Crippen MR) is 254 cm³/mol. The van der Waals surface area contributed by atoms with Crippen LogP contribution in [0.1, 0.15) is 52.7 Å². The summed E-state index contributed by atoms with van der Waals surface area (Å²) in [6, 6.07) is 54.8. The van der Waals surface area contributed by atoms with Gasteiger partial charge in [-0.15, -0.1) is 0 Å². The molecule has 0 N–H and O–H groups in total. The molecule has 288 valence electrons. The van der Waals surface area contributed by atoms with Crippen molar-refractivity contribution in [3.05, 3.63) is 157 Å². The summed E-state index contributed by atoms with van der Waals surface area (Å²) in [5.74, 6) is 5.10. The monoisotopic (exact) mass is 836 g/mol. The summed E-state index contributed by atoms with van der Waals surface area (Å²) in [5.41, 5.74) is 11.3. The fourth-order valence-electron chi connectivity index (χ4n) is 8.85. The van der Waals surface area contributed by atoms with Crippen LogP contribution in [0.15, 0.2) is 146 Å². The molecule has 0 aliphatic carbocycles. The van der Waals surface area contributed by atoms with E-state index in [1.54, 1.807) is 11.3 Å². The van der Waals surface area contributed by atoms with Crippen molar-refractivity contribution in [2.45, 2.75) is 63.9 Å². The Morgan fingerprint density at radius 3 is 1.98 bits per heavy atom. The van der Waals surface area contributed by atoms with Gasteiger partial charge < -0.3 is 0 Å². The normalized spacial score (nSPS) is 13.7. The van der Waals surface area contributed by atoms with Gasteiger partial charge in [-0.2, -0.15) is 0 Å². The number of para-hydroxylation sites is 2. The standard InChI is InChI=1S/C52H50GeN4S/c1-51(2,3)35-28-36(52(4,5)6)30-40(29-35)56-33-55(46-27-24-34-16-9-10-19-41(34)49(46)56)39-18-15-17-37(31-39)53(7,8)38-25-26-43-42-20-11-13-22-45(42)57(47(43)32-38)50-54-44-21-12-14-23-48(44)58-50/h9-32H,33H2,1-8H3. The van der Waals surface area contributed by atoms with Crippen LogP contribution in [0.3, 0.4) is 0 Å². The fourth-order valence-corrected chi connectivity index (χ4v) is 14.8. The Kier molecular flexibility index (Phi) is 8.49. The third-order valence-electron chi connectivity index (χ3n) is 12.4. The molecule has 0 spiro atoms. The Morgan fingerprint density at radius 2 is 1.22 bits per heavy atom. The van der Waals surface area contributed by atoms with Crippen LogP contribution in [0.4, 0.5) is 22.7 Å². The van der Waals surface area contributed by atoms with E-state index in [1.807, 2.05) is 0 Å². The summed E-state index contributed by atoms with van der Waals surface area (Å²) < 4.78 is 6.52. The maximum absolute atomic E-state index is 5.15. The van der Waals surface area contributed by atoms with Gasteiger partial charge in [-0.3, -0.25) is 0 Å². The van der Waals surface area contributed by atoms with E-state index < -0.39 is 13.3 Å². The molecular weight excluding hydrogens is 785 g/mol. The Hall–Kier alpha value is -5.37. The molecule has 10 rings (SSSR count). The minimum absolute atomic E-state index is 0.0228. The van der Waals surface area contributed by atoms with Crippen molar-refractivity contribution in [1.82, 2.24) is 9.55 Å². The minimum atomic E-state index is -2.88. The summed E-state index contributed by atoms with van der Waals surface area (Å²) in [6.07, 6.45) is 0. The van der Waals surface area contributed by atoms with Crippen LogP contribution in [0.25, 0.3) is 47.9 Å². The van der Waals surface area contributed by atoms with Gasteiger partial charge in [0.1, 0.15) is 0 Å². The maximum atomic E-state index is 5.15. The average Bonchev–Trinajstić information content (AvgIpc) is 3.92. The molecule has 0 amide bonds. The molecule has 4 nitrogen and oxygen atoms in total. The number of fused-ring (bicyclic) bond motifs is 7. The van der Waals surface area contributed by atoms with Gasteiger partial charge in [-0.25, -0.2) is 0 Å². The van der Waals surface area contributed by atoms with E-state index in [9.17, 15) is 0 Å². The first kappa shape index (κ1) is 36.9. The van der Waals surface area contributed by atoms with E-state index >= 15 is 0 Å². The van der Waals surface area contributed by atoms with Crippen LogP contribution < -0.4 is 18.6 Å². The Bertz CT molecular complexity index is 3000. The number of benzene rings is 7. The first-order chi connectivity index (χ1) is 27.8. The molecule has 0 saturated carbocycles. The first-order valence-corrected chi connectivity index (χ1v) is 27.6. The van der Waals surface area contributed by atoms with Gasteiger partial charge in [0.2, 0.25) is 0 Å². The van der Waals surface area contributed by atoms with E-state index in [0.717, 1.165) is 17.3 Å². The van der Waals surface area contributed by atoms with Gasteiger partial charge >= 0.3 is 351 Å². The van der Waals surface area contributed by atoms with Crippen molar-refractivity contribution in [3.8, 4) is 5.13 Å². The number of thiazole rings is 1. The summed E-state index contributed by atoms with van der Waals surface area (Å²) in [6.45, 7) is 14.7. The van der Waals surface area contributed by atoms with Gasteiger partial charge in [-0.05, 0) is 0 Å². The van der Waals surface area contributed by atoms with Crippen molar-refractivity contribution >= 4 is 98.9 Å². The second-order valence-electron chi connectivity index (χ2n) is 18.6. The number of nitrogens with zero attached hydrogens (tertiary/aromatic N) is 4. The quantitative estimate of drug-likeness (QED) is 0.161. The molecule has 6 heteroatoms. The van der Waals surface area contributed by atoms with E-state index in [2.05, 4.69) is 213 Å². The van der Waals surface area contributed by atoms with Crippen molar-refractivity contribution in [2.75, 3.05) is 16.5 Å². The topological polar surface area (TPSA) is 24.3 Å². The third-order valence-corrected chi connectivity index (χ3v) is 20.8. The van der Waals surface area contributed by atoms with E-state index in [0.29, 0.717) is 0 Å². The van der Waals surface area contributed by atoms with E-state index in [4.69, 9.17) is 4.98 Å². The molecule has 0 bridgehead atoms. The summed E-state index contributed by atoms with van der Waals surface area (Å²) in [5, 5.41) is 6.11. The van der Waals surface area contributed by atoms with Gasteiger partial charge in [-0.1, -0.05) is 0 Å². The van der Waals surface area contributed by atoms with Gasteiger partial charge in [0.05, 0.1) is 0 Å². The van der Waals surface area contributed by atoms with Gasteiger partial charge in [0.25, 0.3) is 0 Å². The molecule has 58 heavy (non-hydrogen) atoms. The second kappa shape index (κ2) is 13.3. The molecule has 2 aromatic heterocycles. The molecule has 9 aromatic rings. The number of hydrogen-bond donors (Lipinski definition) is 0. The van der Waals surface area contributed by atoms with Crippen molar-refractivity contribution in [3.63, 3.8) is 0 Å². The number of hydrogen-bond acceptors (Lipinski definition) is 4. The molecule has 3 heterocycles. The van der Waals surface area contributed by atoms with Crippen LogP contribution >= 0.6 is 11.3 Å². The Morgan fingerprint density at radius 1 is 0.552 bits per heavy atom. The molecule has 0 saturated heterocycles. The number of rotatable bonds is 5. The fraction of sp³-hybridized carbons (Fsp3) is 0.212. The third kappa shape index (κ3) is 6.05. The SMILES string of the molecule is CC(C)(C)c1cc(N2CN(c3ccc[c]([Ge]([CH3])([CH3])[c]4ccc5c6ccccc6n(-c6nc7ccccc7s6)c5c4)c3)c3ccc4ccccc4c32)cc(C(C)(C)C)c1. The van der Waals surface area contributed by atoms with Crippen molar-refractivity contribution < 1.29 is 0 Å². The van der Waals surface area contributed by atoms with Crippen LogP contribution in [-0.2, 0) is 10.8 Å². The first-order valence-electron chi connectivity index (χ1n) is 20.5. The van der Waals surface area contributed by atoms with E-state index in [-0.39, 0.29) is 10.8 Å². The van der Waals surface area contributed by atoms with Crippen molar-refractivity contribution in [2.24, 2.45) is 0 Å². The van der Waals surface area contributed by atoms with E-state index in [1.165, 1.54) is 79.9 Å². The van der Waals surface area contributed by atoms with Crippen molar-refractivity contribution in [1.29, 1.82) is 0 Å². The average molecular weight is 836 g/mol. The number of aromatic nitrogens is 2. The molecule has 0 radical (unpaired) electrons. The molecule has 0 fully saturated rings. The van der Waals surface area contributed by atoms with Crippen LogP contribution in [0.2, 0.25) is 11.5 Å². The summed E-state index contributed by atoms with van der Waals surface area (Å²) in [4.78, 5) is 10.3. The predicted octanol–water partition coefficient (Wildman–Crippen LogP) is 13.2. The van der Waals surface area contributed by atoms with Crippen LogP contribution in [-0.4, -0.2) is 29.5 Å². The summed E-state index contributed by atoms with van der Waals surface area (Å²) in [7, 11) is 0. The molecule has 0 atom stereocenters. The Labute approximate surface area is 348 Å². The zero-order chi connectivity index (χ0) is 40.1. The number of anilines is 4. The molecular formula is C52H50GeN4S. The molecule has 0 unspecified atom stereocenters. The Balaban J connectivity index is 1.09. The van der Waals surface area contributed by atoms with Crippen LogP contribution in [0.5, 0.6) is 0 Å². The zero-order valence-corrected chi connectivity index (χ0v) is 37.7. The molecule has 1 aliphatic heterocycles. The summed E-state index contributed by atoms with van der Waals surface area (Å²) >= 11 is -1.11. The van der Waals surface area contributed by atoms with Gasteiger partial charge in [0, 0.05) is 0 Å². The zero-order valence-electron chi connectivity index (χ0n) is 34.8. The van der Waals surface area contributed by atoms with Gasteiger partial charge in [0.15, 0.2) is 0 Å². The van der Waals surface area contributed by atoms with Crippen LogP contribution in [0, 0.1) is 0 Å². The molecule has 7 aromatic carbocycles.